The number of fused-ring (bicyclic) bond motifs is 2. The van der Waals surface area contributed by atoms with Gasteiger partial charge in [0.15, 0.2) is 5.82 Å². The highest BCUT2D eigenvalue weighted by molar-refractivity contribution is 6.03. The summed E-state index contributed by atoms with van der Waals surface area (Å²) in [6.07, 6.45) is 3.15. The third kappa shape index (κ3) is 4.05. The number of benzene rings is 2. The van der Waals surface area contributed by atoms with Crippen molar-refractivity contribution in [1.82, 2.24) is 19.9 Å². The first kappa shape index (κ1) is 22.1. The summed E-state index contributed by atoms with van der Waals surface area (Å²) < 4.78 is 9.86. The summed E-state index contributed by atoms with van der Waals surface area (Å²) in [6, 6.07) is 8.48. The molecule has 0 aliphatic heterocycles. The first-order valence-electron chi connectivity index (χ1n) is 10.3. The molecule has 9 heteroatoms. The Bertz CT molecular complexity index is 1390. The number of carbonyl (C=O) groups excluding carboxylic acids is 2. The number of methoxy groups -OCH3 is 2. The molecule has 0 atom stereocenters. The van der Waals surface area contributed by atoms with Gasteiger partial charge in [0, 0.05) is 31.0 Å². The van der Waals surface area contributed by atoms with E-state index in [-0.39, 0.29) is 6.04 Å². The van der Waals surface area contributed by atoms with Gasteiger partial charge in [-0.3, -0.25) is 9.97 Å². The lowest BCUT2D eigenvalue weighted by atomic mass is 10.0. The van der Waals surface area contributed by atoms with Crippen LogP contribution in [0.3, 0.4) is 0 Å². The molecule has 9 nitrogen and oxygen atoms in total. The molecule has 0 N–H and O–H groups in total. The summed E-state index contributed by atoms with van der Waals surface area (Å²) in [5, 5.41) is 0. The predicted octanol–water partition coefficient (Wildman–Crippen LogP) is 3.66. The number of anilines is 1. The summed E-state index contributed by atoms with van der Waals surface area (Å²) in [4.78, 5) is 45.0. The van der Waals surface area contributed by atoms with Gasteiger partial charge in [0.25, 0.3) is 0 Å². The highest BCUT2D eigenvalue weighted by Crippen LogP contribution is 2.34. The number of hydrogen-bond donors (Lipinski definition) is 0. The number of ether oxygens (including phenoxy) is 2. The van der Waals surface area contributed by atoms with Gasteiger partial charge in [-0.15, -0.1) is 0 Å². The second kappa shape index (κ2) is 8.78. The van der Waals surface area contributed by atoms with Crippen molar-refractivity contribution in [3.8, 4) is 11.3 Å². The number of carbonyl (C=O) groups is 2. The maximum Gasteiger partial charge on any atom is 0.338 e. The fraction of sp³-hybridized carbons (Fsp3) is 0.250. The molecule has 33 heavy (non-hydrogen) atoms. The van der Waals surface area contributed by atoms with Crippen LogP contribution >= 0.6 is 0 Å². The molecule has 0 bridgehead atoms. The molecule has 0 aliphatic carbocycles. The number of rotatable bonds is 5. The van der Waals surface area contributed by atoms with E-state index in [2.05, 4.69) is 9.97 Å². The van der Waals surface area contributed by atoms with E-state index in [1.54, 1.807) is 42.7 Å². The maximum absolute atomic E-state index is 12.7. The standard InChI is InChI=1S/C24H23N5O4/c1-13(2)29(3)22-21(27-17-7-6-14(23(30)32-4)10-20(17)28-22)15-11-18-19(26-9-8-25-18)12-16(15)24(31)33-5/h6-13H,1-5H3. The van der Waals surface area contributed by atoms with Gasteiger partial charge in [0.2, 0.25) is 0 Å². The van der Waals surface area contributed by atoms with Crippen LogP contribution in [0.4, 0.5) is 5.82 Å². The second-order valence-electron chi connectivity index (χ2n) is 7.73. The molecule has 0 saturated carbocycles. The van der Waals surface area contributed by atoms with Crippen LogP contribution in [0.1, 0.15) is 34.6 Å². The summed E-state index contributed by atoms with van der Waals surface area (Å²) in [5.41, 5.74) is 3.99. The van der Waals surface area contributed by atoms with Crippen molar-refractivity contribution < 1.29 is 19.1 Å². The van der Waals surface area contributed by atoms with E-state index >= 15 is 0 Å². The van der Waals surface area contributed by atoms with Crippen LogP contribution in [0, 0.1) is 0 Å². The second-order valence-corrected chi connectivity index (χ2v) is 7.73. The molecule has 2 heterocycles. The normalized spacial score (nSPS) is 11.1. The Kier molecular flexibility index (Phi) is 5.87. The minimum Gasteiger partial charge on any atom is -0.465 e. The number of esters is 2. The van der Waals surface area contributed by atoms with E-state index in [1.165, 1.54) is 14.2 Å². The molecule has 4 rings (SSSR count). The monoisotopic (exact) mass is 445 g/mol. The van der Waals surface area contributed by atoms with Gasteiger partial charge in [-0.2, -0.15) is 0 Å². The van der Waals surface area contributed by atoms with E-state index in [0.29, 0.717) is 50.3 Å². The first-order chi connectivity index (χ1) is 15.8. The summed E-state index contributed by atoms with van der Waals surface area (Å²) >= 11 is 0. The molecule has 4 aromatic rings. The largest absolute Gasteiger partial charge is 0.465 e. The van der Waals surface area contributed by atoms with Crippen LogP contribution in [0.2, 0.25) is 0 Å². The number of hydrogen-bond acceptors (Lipinski definition) is 9. The summed E-state index contributed by atoms with van der Waals surface area (Å²) in [7, 11) is 4.55. The third-order valence-corrected chi connectivity index (χ3v) is 5.44. The van der Waals surface area contributed by atoms with E-state index in [4.69, 9.17) is 19.4 Å². The Morgan fingerprint density at radius 3 is 2.15 bits per heavy atom. The molecule has 2 aromatic heterocycles. The zero-order valence-electron chi connectivity index (χ0n) is 19.0. The van der Waals surface area contributed by atoms with Crippen LogP contribution in [0.5, 0.6) is 0 Å². The van der Waals surface area contributed by atoms with Crippen LogP contribution in [-0.2, 0) is 9.47 Å². The minimum absolute atomic E-state index is 0.0844. The SMILES string of the molecule is COC(=O)c1ccc2nc(-c3cc4nccnc4cc3C(=O)OC)c(N(C)C(C)C)nc2c1. The molecule has 0 aliphatic rings. The van der Waals surface area contributed by atoms with Gasteiger partial charge in [-0.25, -0.2) is 19.6 Å². The summed E-state index contributed by atoms with van der Waals surface area (Å²) in [6.45, 7) is 4.04. The summed E-state index contributed by atoms with van der Waals surface area (Å²) in [5.74, 6) is -0.422. The van der Waals surface area contributed by atoms with Crippen molar-refractivity contribution in [2.75, 3.05) is 26.2 Å². The Hall–Kier alpha value is -4.14. The fourth-order valence-electron chi connectivity index (χ4n) is 3.45. The van der Waals surface area contributed by atoms with Crippen molar-refractivity contribution in [2.24, 2.45) is 0 Å². The van der Waals surface area contributed by atoms with Crippen molar-refractivity contribution in [1.29, 1.82) is 0 Å². The zero-order valence-corrected chi connectivity index (χ0v) is 19.0. The molecular formula is C24H23N5O4. The molecule has 0 amide bonds. The lowest BCUT2D eigenvalue weighted by molar-refractivity contribution is 0.0592. The molecule has 0 unspecified atom stereocenters. The van der Waals surface area contributed by atoms with Gasteiger partial charge in [-0.1, -0.05) is 0 Å². The highest BCUT2D eigenvalue weighted by atomic mass is 16.5. The first-order valence-corrected chi connectivity index (χ1v) is 10.3. The zero-order chi connectivity index (χ0) is 23.7. The van der Waals surface area contributed by atoms with E-state index < -0.39 is 11.9 Å². The molecule has 0 spiro atoms. The van der Waals surface area contributed by atoms with Gasteiger partial charge >= 0.3 is 11.9 Å². The van der Waals surface area contributed by atoms with E-state index in [9.17, 15) is 9.59 Å². The minimum atomic E-state index is -0.515. The van der Waals surface area contributed by atoms with Gasteiger partial charge in [-0.05, 0) is 44.2 Å². The molecular weight excluding hydrogens is 422 g/mol. The topological polar surface area (TPSA) is 107 Å². The fourth-order valence-corrected chi connectivity index (χ4v) is 3.45. The lowest BCUT2D eigenvalue weighted by Gasteiger charge is -2.25. The van der Waals surface area contributed by atoms with Crippen molar-refractivity contribution in [2.45, 2.75) is 19.9 Å². The highest BCUT2D eigenvalue weighted by Gasteiger charge is 2.23. The molecule has 0 radical (unpaired) electrons. The molecule has 0 fully saturated rings. The van der Waals surface area contributed by atoms with E-state index in [1.807, 2.05) is 25.8 Å². The molecule has 2 aromatic carbocycles. The average Bonchev–Trinajstić information content (AvgIpc) is 2.85. The Morgan fingerprint density at radius 1 is 0.848 bits per heavy atom. The number of nitrogens with zero attached hydrogens (tertiary/aromatic N) is 5. The number of aromatic nitrogens is 4. The van der Waals surface area contributed by atoms with E-state index in [0.717, 1.165) is 0 Å². The molecule has 0 saturated heterocycles. The van der Waals surface area contributed by atoms with Crippen LogP contribution in [-0.4, -0.2) is 59.2 Å². The van der Waals surface area contributed by atoms with Crippen molar-refractivity contribution in [3.63, 3.8) is 0 Å². The third-order valence-electron chi connectivity index (χ3n) is 5.44. The van der Waals surface area contributed by atoms with Crippen molar-refractivity contribution >= 4 is 39.8 Å². The molecule has 168 valence electrons. The van der Waals surface area contributed by atoms with Gasteiger partial charge in [0.1, 0.15) is 5.69 Å². The Labute approximate surface area is 190 Å². The van der Waals surface area contributed by atoms with Gasteiger partial charge in [0.05, 0.1) is 47.4 Å². The van der Waals surface area contributed by atoms with Gasteiger partial charge < -0.3 is 14.4 Å². The average molecular weight is 445 g/mol. The Balaban J connectivity index is 2.05. The smallest absolute Gasteiger partial charge is 0.338 e. The van der Waals surface area contributed by atoms with Crippen LogP contribution < -0.4 is 4.90 Å². The quantitative estimate of drug-likeness (QED) is 0.425. The van der Waals surface area contributed by atoms with Crippen LogP contribution in [0.25, 0.3) is 33.3 Å². The maximum atomic E-state index is 12.7. The Morgan fingerprint density at radius 2 is 1.52 bits per heavy atom. The lowest BCUT2D eigenvalue weighted by Crippen LogP contribution is -2.27. The van der Waals surface area contributed by atoms with Crippen LogP contribution in [0.15, 0.2) is 42.7 Å². The van der Waals surface area contributed by atoms with Crippen molar-refractivity contribution in [3.05, 3.63) is 53.9 Å². The predicted molar refractivity (Wildman–Crippen MR) is 124 cm³/mol.